The SMILES string of the molecule is Cc1nn(C)c(C)c1Oc1cc(Sc2ccccn2)cnc1Nc1nc(CC(C)(C)O)ns1. The molecule has 0 spiro atoms. The predicted molar refractivity (Wildman–Crippen MR) is 129 cm³/mol. The van der Waals surface area contributed by atoms with E-state index in [1.54, 1.807) is 30.9 Å². The lowest BCUT2D eigenvalue weighted by Crippen LogP contribution is -2.22. The van der Waals surface area contributed by atoms with Gasteiger partial charge >= 0.3 is 0 Å². The average molecular weight is 484 g/mol. The molecule has 0 aliphatic rings. The molecule has 4 heterocycles. The zero-order valence-electron chi connectivity index (χ0n) is 19.0. The molecule has 4 aromatic heterocycles. The van der Waals surface area contributed by atoms with Crippen molar-refractivity contribution in [3.05, 3.63) is 53.9 Å². The Kier molecular flexibility index (Phi) is 6.63. The Morgan fingerprint density at radius 3 is 2.73 bits per heavy atom. The summed E-state index contributed by atoms with van der Waals surface area (Å²) < 4.78 is 12.4. The third-order valence-corrected chi connectivity index (χ3v) is 6.20. The van der Waals surface area contributed by atoms with Crippen LogP contribution in [-0.4, -0.2) is 39.8 Å². The van der Waals surface area contributed by atoms with E-state index in [9.17, 15) is 5.11 Å². The van der Waals surface area contributed by atoms with Crippen LogP contribution in [0.3, 0.4) is 0 Å². The molecule has 0 fully saturated rings. The monoisotopic (exact) mass is 483 g/mol. The molecule has 0 aromatic carbocycles. The summed E-state index contributed by atoms with van der Waals surface area (Å²) in [6.07, 6.45) is 3.87. The van der Waals surface area contributed by atoms with Crippen LogP contribution < -0.4 is 10.1 Å². The van der Waals surface area contributed by atoms with E-state index in [4.69, 9.17) is 4.74 Å². The molecule has 4 rings (SSSR count). The van der Waals surface area contributed by atoms with Gasteiger partial charge < -0.3 is 15.2 Å². The highest BCUT2D eigenvalue weighted by atomic mass is 32.2. The molecule has 0 amide bonds. The highest BCUT2D eigenvalue weighted by molar-refractivity contribution is 7.99. The second kappa shape index (κ2) is 9.46. The fourth-order valence-corrected chi connectivity index (χ4v) is 4.42. The van der Waals surface area contributed by atoms with Crippen molar-refractivity contribution in [2.75, 3.05) is 5.32 Å². The van der Waals surface area contributed by atoms with E-state index in [2.05, 4.69) is 29.7 Å². The predicted octanol–water partition coefficient (Wildman–Crippen LogP) is 4.68. The molecule has 4 aromatic rings. The first-order valence-electron chi connectivity index (χ1n) is 10.3. The van der Waals surface area contributed by atoms with Crippen LogP contribution in [0.2, 0.25) is 0 Å². The number of hydrogen-bond acceptors (Lipinski definition) is 10. The van der Waals surface area contributed by atoms with Gasteiger partial charge in [-0.15, -0.1) is 0 Å². The Labute approximate surface area is 200 Å². The van der Waals surface area contributed by atoms with Gasteiger partial charge in [-0.05, 0) is 39.8 Å². The van der Waals surface area contributed by atoms with Crippen molar-refractivity contribution in [3.8, 4) is 11.5 Å². The first-order valence-corrected chi connectivity index (χ1v) is 11.9. The number of aromatic nitrogens is 6. The minimum atomic E-state index is -0.884. The average Bonchev–Trinajstić information content (AvgIpc) is 3.27. The number of hydrogen-bond donors (Lipinski definition) is 2. The Morgan fingerprint density at radius 1 is 1.24 bits per heavy atom. The van der Waals surface area contributed by atoms with E-state index in [0.29, 0.717) is 34.7 Å². The molecule has 33 heavy (non-hydrogen) atoms. The van der Waals surface area contributed by atoms with Crippen LogP contribution in [0.5, 0.6) is 11.5 Å². The van der Waals surface area contributed by atoms with Gasteiger partial charge in [0.1, 0.15) is 16.5 Å². The lowest BCUT2D eigenvalue weighted by atomic mass is 10.1. The molecule has 2 N–H and O–H groups in total. The van der Waals surface area contributed by atoms with Crippen LogP contribution in [-0.2, 0) is 13.5 Å². The summed E-state index contributed by atoms with van der Waals surface area (Å²) in [4.78, 5) is 14.3. The van der Waals surface area contributed by atoms with Crippen molar-refractivity contribution in [1.82, 2.24) is 29.1 Å². The summed E-state index contributed by atoms with van der Waals surface area (Å²) in [5.41, 5.74) is 0.807. The lowest BCUT2D eigenvalue weighted by Gasteiger charge is -2.14. The third kappa shape index (κ3) is 5.86. The number of ether oxygens (including phenoxy) is 1. The summed E-state index contributed by atoms with van der Waals surface area (Å²) in [5, 5.41) is 19.1. The summed E-state index contributed by atoms with van der Waals surface area (Å²) in [6, 6.07) is 7.68. The Balaban J connectivity index is 1.65. The van der Waals surface area contributed by atoms with E-state index in [0.717, 1.165) is 21.3 Å². The van der Waals surface area contributed by atoms with Crippen molar-refractivity contribution in [2.45, 2.75) is 49.6 Å². The molecule has 0 saturated carbocycles. The standard InChI is InChI=1S/C22H25N7O2S2/c1-13-19(14(2)29(5)27-13)31-16-10-15(32-18-8-6-7-9-23-18)12-24-20(16)26-21-25-17(28-33-21)11-22(3,4)30/h6-10,12,30H,11H2,1-5H3,(H,24,25,26,28). The summed E-state index contributed by atoms with van der Waals surface area (Å²) in [5.74, 6) is 2.30. The van der Waals surface area contributed by atoms with Crippen molar-refractivity contribution < 1.29 is 9.84 Å². The number of aliphatic hydroxyl groups is 1. The first kappa shape index (κ1) is 23.1. The van der Waals surface area contributed by atoms with E-state index < -0.39 is 5.60 Å². The maximum Gasteiger partial charge on any atom is 0.208 e. The normalized spacial score (nSPS) is 11.6. The highest BCUT2D eigenvalue weighted by Gasteiger charge is 2.19. The van der Waals surface area contributed by atoms with Crippen molar-refractivity contribution in [2.24, 2.45) is 7.05 Å². The maximum atomic E-state index is 10.0. The van der Waals surface area contributed by atoms with Crippen LogP contribution >= 0.6 is 23.3 Å². The third-order valence-electron chi connectivity index (χ3n) is 4.63. The molecule has 0 unspecified atom stereocenters. The molecule has 0 saturated heterocycles. The molecule has 11 heteroatoms. The van der Waals surface area contributed by atoms with Crippen LogP contribution in [0.4, 0.5) is 10.9 Å². The zero-order chi connectivity index (χ0) is 23.6. The van der Waals surface area contributed by atoms with Gasteiger partial charge in [0.25, 0.3) is 0 Å². The number of pyridine rings is 2. The minimum Gasteiger partial charge on any atom is -0.450 e. The second-order valence-electron chi connectivity index (χ2n) is 8.14. The molecule has 0 atom stereocenters. The molecule has 9 nitrogen and oxygen atoms in total. The smallest absolute Gasteiger partial charge is 0.208 e. The largest absolute Gasteiger partial charge is 0.450 e. The summed E-state index contributed by atoms with van der Waals surface area (Å²) in [7, 11) is 1.88. The highest BCUT2D eigenvalue weighted by Crippen LogP contribution is 2.37. The second-order valence-corrected chi connectivity index (χ2v) is 9.99. The Hall–Kier alpha value is -3.02. The minimum absolute atomic E-state index is 0.357. The fourth-order valence-electron chi connectivity index (χ4n) is 3.06. The molecule has 0 bridgehead atoms. The Morgan fingerprint density at radius 2 is 2.06 bits per heavy atom. The van der Waals surface area contributed by atoms with Gasteiger partial charge in [0.15, 0.2) is 17.3 Å². The number of anilines is 2. The van der Waals surface area contributed by atoms with Crippen molar-refractivity contribution in [3.63, 3.8) is 0 Å². The number of aryl methyl sites for hydroxylation is 2. The van der Waals surface area contributed by atoms with Crippen LogP contribution in [0, 0.1) is 13.8 Å². The molecule has 172 valence electrons. The fraction of sp³-hybridized carbons (Fsp3) is 0.318. The van der Waals surface area contributed by atoms with Gasteiger partial charge in [-0.2, -0.15) is 9.47 Å². The lowest BCUT2D eigenvalue weighted by molar-refractivity contribution is 0.0791. The van der Waals surface area contributed by atoms with E-state index >= 15 is 0 Å². The molecule has 0 radical (unpaired) electrons. The summed E-state index contributed by atoms with van der Waals surface area (Å²) >= 11 is 2.70. The number of nitrogens with one attached hydrogen (secondary N) is 1. The van der Waals surface area contributed by atoms with Crippen molar-refractivity contribution in [1.29, 1.82) is 0 Å². The molecular weight excluding hydrogens is 458 g/mol. The quantitative estimate of drug-likeness (QED) is 0.369. The zero-order valence-corrected chi connectivity index (χ0v) is 20.7. The number of nitrogens with zero attached hydrogens (tertiary/aromatic N) is 6. The summed E-state index contributed by atoms with van der Waals surface area (Å²) in [6.45, 7) is 7.31. The number of rotatable bonds is 8. The van der Waals surface area contributed by atoms with Gasteiger partial charge in [-0.1, -0.05) is 17.8 Å². The maximum absolute atomic E-state index is 10.0. The molecule has 0 aliphatic carbocycles. The molecular formula is C22H25N7O2S2. The van der Waals surface area contributed by atoms with E-state index in [1.165, 1.54) is 23.3 Å². The van der Waals surface area contributed by atoms with Crippen LogP contribution in [0.25, 0.3) is 0 Å². The van der Waals surface area contributed by atoms with Crippen LogP contribution in [0.15, 0.2) is 46.6 Å². The van der Waals surface area contributed by atoms with E-state index in [1.807, 2.05) is 45.2 Å². The van der Waals surface area contributed by atoms with Crippen LogP contribution in [0.1, 0.15) is 31.1 Å². The van der Waals surface area contributed by atoms with Gasteiger partial charge in [0.2, 0.25) is 5.13 Å². The van der Waals surface area contributed by atoms with Gasteiger partial charge in [0.05, 0.1) is 11.3 Å². The molecule has 0 aliphatic heterocycles. The van der Waals surface area contributed by atoms with Gasteiger partial charge in [-0.25, -0.2) is 15.0 Å². The topological polar surface area (TPSA) is 111 Å². The van der Waals surface area contributed by atoms with E-state index in [-0.39, 0.29) is 0 Å². The van der Waals surface area contributed by atoms with Crippen molar-refractivity contribution >= 4 is 34.2 Å². The van der Waals surface area contributed by atoms with Gasteiger partial charge in [0, 0.05) is 48.4 Å². The Bertz CT molecular complexity index is 1250. The van der Waals surface area contributed by atoms with Gasteiger partial charge in [-0.3, -0.25) is 4.68 Å². The first-order chi connectivity index (χ1) is 15.7.